The summed E-state index contributed by atoms with van der Waals surface area (Å²) in [6.07, 6.45) is 7.56. The van der Waals surface area contributed by atoms with Crippen molar-refractivity contribution in [2.75, 3.05) is 20.0 Å². The summed E-state index contributed by atoms with van der Waals surface area (Å²) in [5.74, 6) is 1.29. The van der Waals surface area contributed by atoms with Gasteiger partial charge in [-0.1, -0.05) is 45.4 Å². The Hall–Kier alpha value is -1.76. The molecule has 0 saturated heterocycles. The largest absolute Gasteiger partial charge is 0.493 e. The van der Waals surface area contributed by atoms with Gasteiger partial charge >= 0.3 is 0 Å². The fourth-order valence-corrected chi connectivity index (χ4v) is 3.51. The molecule has 0 spiro atoms. The second-order valence-electron chi connectivity index (χ2n) is 6.30. The van der Waals surface area contributed by atoms with Gasteiger partial charge in [-0.05, 0) is 31.5 Å². The van der Waals surface area contributed by atoms with Gasteiger partial charge < -0.3 is 9.47 Å². The van der Waals surface area contributed by atoms with Gasteiger partial charge in [-0.2, -0.15) is 5.10 Å². The summed E-state index contributed by atoms with van der Waals surface area (Å²) in [6.45, 7) is 3.93. The molecule has 0 radical (unpaired) electrons. The van der Waals surface area contributed by atoms with Gasteiger partial charge in [-0.15, -0.1) is 0 Å². The zero-order chi connectivity index (χ0) is 19.4. The van der Waals surface area contributed by atoms with E-state index >= 15 is 0 Å². The topological polar surface area (TPSA) is 77.0 Å². The first-order chi connectivity index (χ1) is 12.4. The minimum Gasteiger partial charge on any atom is -0.493 e. The van der Waals surface area contributed by atoms with Crippen LogP contribution in [0.4, 0.5) is 0 Å². The Bertz CT molecular complexity index is 672. The highest BCUT2D eigenvalue weighted by Gasteiger charge is 2.10. The van der Waals surface area contributed by atoms with Crippen LogP contribution in [0.2, 0.25) is 0 Å². The predicted octanol–water partition coefficient (Wildman–Crippen LogP) is 4.10. The lowest BCUT2D eigenvalue weighted by molar-refractivity contribution is 0.355. The van der Waals surface area contributed by atoms with E-state index in [1.165, 1.54) is 25.7 Å². The zero-order valence-electron chi connectivity index (χ0n) is 16.4. The molecular formula is C19H32N2O4S. The lowest BCUT2D eigenvalue weighted by Crippen LogP contribution is -2.23. The van der Waals surface area contributed by atoms with E-state index in [4.69, 9.17) is 9.47 Å². The molecule has 1 N–H and O–H groups in total. The van der Waals surface area contributed by atoms with Crippen LogP contribution in [0, 0.1) is 0 Å². The summed E-state index contributed by atoms with van der Waals surface area (Å²) >= 11 is 0. The van der Waals surface area contributed by atoms with Crippen molar-refractivity contribution >= 4 is 15.7 Å². The quantitative estimate of drug-likeness (QED) is 0.316. The number of rotatable bonds is 13. The van der Waals surface area contributed by atoms with E-state index in [2.05, 4.69) is 16.9 Å². The highest BCUT2D eigenvalue weighted by atomic mass is 32.2. The molecule has 1 aromatic carbocycles. The molecule has 148 valence electrons. The summed E-state index contributed by atoms with van der Waals surface area (Å²) in [6, 6.07) is 5.34. The number of hydrogen-bond acceptors (Lipinski definition) is 5. The van der Waals surface area contributed by atoms with Crippen LogP contribution in [0.5, 0.6) is 11.5 Å². The highest BCUT2D eigenvalue weighted by Crippen LogP contribution is 2.27. The monoisotopic (exact) mass is 384 g/mol. The maximum Gasteiger partial charge on any atom is 0.247 e. The van der Waals surface area contributed by atoms with E-state index < -0.39 is 10.0 Å². The number of hydrogen-bond donors (Lipinski definition) is 1. The summed E-state index contributed by atoms with van der Waals surface area (Å²) < 4.78 is 34.6. The molecule has 0 aliphatic rings. The SMILES string of the molecule is CCCCCCCCCS(=O)(=O)N/N=C(\C)c1ccc(OC)c(OC)c1. The van der Waals surface area contributed by atoms with Gasteiger partial charge in [0.15, 0.2) is 11.5 Å². The van der Waals surface area contributed by atoms with E-state index in [0.29, 0.717) is 23.6 Å². The summed E-state index contributed by atoms with van der Waals surface area (Å²) in [5, 5.41) is 4.02. The fraction of sp³-hybridized carbons (Fsp3) is 0.632. The van der Waals surface area contributed by atoms with Crippen molar-refractivity contribution < 1.29 is 17.9 Å². The summed E-state index contributed by atoms with van der Waals surface area (Å²) in [7, 11) is -0.283. The van der Waals surface area contributed by atoms with Crippen molar-refractivity contribution in [2.24, 2.45) is 5.10 Å². The maximum atomic E-state index is 12.1. The normalized spacial score (nSPS) is 12.1. The van der Waals surface area contributed by atoms with Gasteiger partial charge in [0, 0.05) is 5.56 Å². The molecule has 26 heavy (non-hydrogen) atoms. The van der Waals surface area contributed by atoms with Gasteiger partial charge in [-0.25, -0.2) is 13.2 Å². The predicted molar refractivity (Wildman–Crippen MR) is 107 cm³/mol. The third-order valence-corrected chi connectivity index (χ3v) is 5.37. The van der Waals surface area contributed by atoms with Crippen LogP contribution >= 0.6 is 0 Å². The second-order valence-corrected chi connectivity index (χ2v) is 8.12. The molecule has 7 heteroatoms. The number of hydrazone groups is 1. The number of nitrogens with zero attached hydrogens (tertiary/aromatic N) is 1. The van der Waals surface area contributed by atoms with Crippen molar-refractivity contribution in [3.8, 4) is 11.5 Å². The molecule has 1 aromatic rings. The molecule has 0 aromatic heterocycles. The first kappa shape index (κ1) is 22.3. The van der Waals surface area contributed by atoms with E-state index in [1.807, 2.05) is 6.07 Å². The van der Waals surface area contributed by atoms with Gasteiger partial charge in [0.2, 0.25) is 10.0 Å². The molecule has 0 unspecified atom stereocenters. The molecule has 0 aliphatic carbocycles. The molecule has 0 amide bonds. The van der Waals surface area contributed by atoms with Crippen LogP contribution < -0.4 is 14.3 Å². The number of benzene rings is 1. The molecule has 0 fully saturated rings. The second kappa shape index (κ2) is 11.8. The standard InChI is InChI=1S/C19H32N2O4S/c1-5-6-7-8-9-10-11-14-26(22,23)21-20-16(2)17-12-13-18(24-3)19(15-17)25-4/h12-13,15,21H,5-11,14H2,1-4H3/b20-16+. The molecule has 0 saturated carbocycles. The molecule has 0 heterocycles. The molecule has 0 atom stereocenters. The third-order valence-electron chi connectivity index (χ3n) is 4.17. The number of methoxy groups -OCH3 is 2. The van der Waals surface area contributed by atoms with Crippen molar-refractivity contribution in [2.45, 2.75) is 58.8 Å². The van der Waals surface area contributed by atoms with Crippen molar-refractivity contribution in [1.29, 1.82) is 0 Å². The molecule has 6 nitrogen and oxygen atoms in total. The number of ether oxygens (including phenoxy) is 2. The van der Waals surface area contributed by atoms with E-state index in [-0.39, 0.29) is 5.75 Å². The molecule has 0 aliphatic heterocycles. The van der Waals surface area contributed by atoms with E-state index in [0.717, 1.165) is 18.4 Å². The van der Waals surface area contributed by atoms with Crippen LogP contribution in [0.15, 0.2) is 23.3 Å². The Labute approximate surface area is 158 Å². The minimum atomic E-state index is -3.40. The lowest BCUT2D eigenvalue weighted by atomic mass is 10.1. The Balaban J connectivity index is 2.51. The van der Waals surface area contributed by atoms with Crippen LogP contribution in [-0.4, -0.2) is 34.1 Å². The van der Waals surface area contributed by atoms with Crippen LogP contribution in [0.25, 0.3) is 0 Å². The van der Waals surface area contributed by atoms with Gasteiger partial charge in [0.1, 0.15) is 0 Å². The Kier molecular flexibility index (Phi) is 10.1. The van der Waals surface area contributed by atoms with Crippen LogP contribution in [-0.2, 0) is 10.0 Å². The maximum absolute atomic E-state index is 12.1. The van der Waals surface area contributed by atoms with E-state index in [9.17, 15) is 8.42 Å². The van der Waals surface area contributed by atoms with Crippen LogP contribution in [0.3, 0.4) is 0 Å². The average molecular weight is 385 g/mol. The first-order valence-corrected chi connectivity index (χ1v) is 10.8. The minimum absolute atomic E-state index is 0.101. The van der Waals surface area contributed by atoms with Crippen molar-refractivity contribution in [1.82, 2.24) is 4.83 Å². The van der Waals surface area contributed by atoms with Gasteiger partial charge in [0.25, 0.3) is 0 Å². The summed E-state index contributed by atoms with van der Waals surface area (Å²) in [5.41, 5.74) is 1.33. The van der Waals surface area contributed by atoms with Crippen molar-refractivity contribution in [3.05, 3.63) is 23.8 Å². The number of sulfonamides is 1. The first-order valence-electron chi connectivity index (χ1n) is 9.19. The number of unbranched alkanes of at least 4 members (excludes halogenated alkanes) is 6. The molecule has 1 rings (SSSR count). The summed E-state index contributed by atoms with van der Waals surface area (Å²) in [4.78, 5) is 2.32. The smallest absolute Gasteiger partial charge is 0.247 e. The molecular weight excluding hydrogens is 352 g/mol. The lowest BCUT2D eigenvalue weighted by Gasteiger charge is -2.10. The zero-order valence-corrected chi connectivity index (χ0v) is 17.2. The Morgan fingerprint density at radius 3 is 2.23 bits per heavy atom. The van der Waals surface area contributed by atoms with Gasteiger partial charge in [0.05, 0.1) is 25.7 Å². The third kappa shape index (κ3) is 8.08. The Morgan fingerprint density at radius 2 is 1.62 bits per heavy atom. The van der Waals surface area contributed by atoms with Crippen LogP contribution in [0.1, 0.15) is 64.4 Å². The number of nitrogens with one attached hydrogen (secondary N) is 1. The van der Waals surface area contributed by atoms with Gasteiger partial charge in [-0.3, -0.25) is 0 Å². The van der Waals surface area contributed by atoms with E-state index in [1.54, 1.807) is 33.3 Å². The fourth-order valence-electron chi connectivity index (χ4n) is 2.56. The Morgan fingerprint density at radius 1 is 1.00 bits per heavy atom. The molecule has 0 bridgehead atoms. The average Bonchev–Trinajstić information content (AvgIpc) is 2.64. The highest BCUT2D eigenvalue weighted by molar-refractivity contribution is 7.89. The van der Waals surface area contributed by atoms with Crippen molar-refractivity contribution in [3.63, 3.8) is 0 Å².